The number of carbonyl (C=O) groups excluding carboxylic acids is 2. The predicted molar refractivity (Wildman–Crippen MR) is 92.2 cm³/mol. The van der Waals surface area contributed by atoms with E-state index in [1.165, 1.54) is 6.20 Å². The van der Waals surface area contributed by atoms with Crippen LogP contribution in [0.15, 0.2) is 58.4 Å². The molecule has 0 spiro atoms. The fourth-order valence-corrected chi connectivity index (χ4v) is 1.98. The molecule has 0 bridgehead atoms. The predicted octanol–water partition coefficient (Wildman–Crippen LogP) is 2.98. The molecule has 0 aliphatic rings. The minimum atomic E-state index is -0.370. The molecule has 2 rings (SSSR count). The van der Waals surface area contributed by atoms with Crippen LogP contribution >= 0.6 is 15.9 Å². The molecule has 1 aromatic carbocycles. The number of pyridine rings is 1. The number of amides is 2. The third kappa shape index (κ3) is 5.63. The molecule has 0 saturated carbocycles. The van der Waals surface area contributed by atoms with E-state index in [0.717, 1.165) is 4.47 Å². The van der Waals surface area contributed by atoms with Crippen LogP contribution in [0.1, 0.15) is 23.7 Å². The molecule has 1 aromatic heterocycles. The summed E-state index contributed by atoms with van der Waals surface area (Å²) < 4.78 is 0.936. The van der Waals surface area contributed by atoms with Crippen molar-refractivity contribution in [2.24, 2.45) is 5.10 Å². The Balaban J connectivity index is 1.85. The average Bonchev–Trinajstić information content (AvgIpc) is 2.55. The molecular formula is C16H15BrN4O2. The molecule has 0 aliphatic carbocycles. The summed E-state index contributed by atoms with van der Waals surface area (Å²) in [5.41, 5.74) is 4.00. The molecule has 0 atom stereocenters. The Morgan fingerprint density at radius 1 is 1.22 bits per heavy atom. The molecule has 7 heteroatoms. The van der Waals surface area contributed by atoms with E-state index in [4.69, 9.17) is 0 Å². The van der Waals surface area contributed by atoms with Gasteiger partial charge >= 0.3 is 0 Å². The van der Waals surface area contributed by atoms with Gasteiger partial charge in [0.25, 0.3) is 5.91 Å². The Morgan fingerprint density at radius 2 is 1.96 bits per heavy atom. The summed E-state index contributed by atoms with van der Waals surface area (Å²) in [6.07, 6.45) is 3.11. The average molecular weight is 375 g/mol. The van der Waals surface area contributed by atoms with Crippen LogP contribution < -0.4 is 10.7 Å². The van der Waals surface area contributed by atoms with Gasteiger partial charge in [0.15, 0.2) is 0 Å². The Hall–Kier alpha value is -2.54. The quantitative estimate of drug-likeness (QED) is 0.623. The van der Waals surface area contributed by atoms with Crippen molar-refractivity contribution in [3.05, 3.63) is 58.8 Å². The van der Waals surface area contributed by atoms with Crippen molar-refractivity contribution >= 4 is 39.1 Å². The highest BCUT2D eigenvalue weighted by Crippen LogP contribution is 2.14. The highest BCUT2D eigenvalue weighted by molar-refractivity contribution is 9.10. The summed E-state index contributed by atoms with van der Waals surface area (Å²) in [4.78, 5) is 27.5. The van der Waals surface area contributed by atoms with Crippen molar-refractivity contribution in [2.75, 3.05) is 5.32 Å². The second-order valence-corrected chi connectivity index (χ2v) is 5.68. The first-order valence-electron chi connectivity index (χ1n) is 6.83. The number of nitrogens with one attached hydrogen (secondary N) is 2. The second kappa shape index (κ2) is 8.19. The first-order chi connectivity index (χ1) is 11.0. The number of nitrogens with zero attached hydrogens (tertiary/aromatic N) is 2. The second-order valence-electron chi connectivity index (χ2n) is 4.76. The van der Waals surface area contributed by atoms with Gasteiger partial charge < -0.3 is 5.32 Å². The van der Waals surface area contributed by atoms with Gasteiger partial charge in [0.2, 0.25) is 5.91 Å². The van der Waals surface area contributed by atoms with Crippen LogP contribution in [0.3, 0.4) is 0 Å². The van der Waals surface area contributed by atoms with Gasteiger partial charge in [0, 0.05) is 28.3 Å². The van der Waals surface area contributed by atoms with Gasteiger partial charge in [-0.05, 0) is 43.3 Å². The van der Waals surface area contributed by atoms with Gasteiger partial charge in [0.05, 0.1) is 12.0 Å². The molecule has 0 unspecified atom stereocenters. The van der Waals surface area contributed by atoms with Crippen molar-refractivity contribution in [1.82, 2.24) is 10.4 Å². The summed E-state index contributed by atoms with van der Waals surface area (Å²) >= 11 is 3.33. The summed E-state index contributed by atoms with van der Waals surface area (Å²) in [7, 11) is 0. The molecule has 2 aromatic rings. The monoisotopic (exact) mass is 374 g/mol. The topological polar surface area (TPSA) is 83.5 Å². The molecule has 0 fully saturated rings. The van der Waals surface area contributed by atoms with Gasteiger partial charge in [-0.1, -0.05) is 15.9 Å². The maximum atomic E-state index is 11.9. The molecular weight excluding hydrogens is 360 g/mol. The molecule has 1 heterocycles. The lowest BCUT2D eigenvalue weighted by Crippen LogP contribution is -2.21. The van der Waals surface area contributed by atoms with Crippen LogP contribution in [0, 0.1) is 0 Å². The highest BCUT2D eigenvalue weighted by atomic mass is 79.9. The molecule has 23 heavy (non-hydrogen) atoms. The van der Waals surface area contributed by atoms with Gasteiger partial charge in [0.1, 0.15) is 0 Å². The van der Waals surface area contributed by atoms with Gasteiger partial charge in [-0.3, -0.25) is 14.6 Å². The van der Waals surface area contributed by atoms with Gasteiger partial charge in [-0.25, -0.2) is 5.43 Å². The van der Waals surface area contributed by atoms with E-state index in [0.29, 0.717) is 17.0 Å². The molecule has 118 valence electrons. The summed E-state index contributed by atoms with van der Waals surface area (Å²) in [6.45, 7) is 1.67. The van der Waals surface area contributed by atoms with Crippen LogP contribution in [0.4, 0.5) is 5.69 Å². The number of aromatic nitrogens is 1. The number of halogens is 1. The zero-order chi connectivity index (χ0) is 16.7. The number of hydrazone groups is 1. The molecule has 2 N–H and O–H groups in total. The van der Waals surface area contributed by atoms with Crippen LogP contribution in [0.5, 0.6) is 0 Å². The van der Waals surface area contributed by atoms with Crippen LogP contribution in [-0.4, -0.2) is 22.5 Å². The van der Waals surface area contributed by atoms with Gasteiger partial charge in [-0.15, -0.1) is 0 Å². The minimum Gasteiger partial charge on any atom is -0.326 e. The first kappa shape index (κ1) is 16.8. The third-order valence-corrected chi connectivity index (χ3v) is 3.35. The molecule has 0 saturated heterocycles. The van der Waals surface area contributed by atoms with E-state index in [9.17, 15) is 9.59 Å². The Kier molecular flexibility index (Phi) is 5.99. The Labute approximate surface area is 142 Å². The maximum Gasteiger partial charge on any atom is 0.272 e. The van der Waals surface area contributed by atoms with Crippen molar-refractivity contribution in [2.45, 2.75) is 13.3 Å². The number of hydrogen-bond acceptors (Lipinski definition) is 4. The van der Waals surface area contributed by atoms with E-state index in [1.807, 2.05) is 12.1 Å². The maximum absolute atomic E-state index is 11.9. The van der Waals surface area contributed by atoms with E-state index in [-0.39, 0.29) is 18.2 Å². The lowest BCUT2D eigenvalue weighted by Gasteiger charge is -2.05. The third-order valence-electron chi connectivity index (χ3n) is 2.82. The SMILES string of the molecule is CC(CC(=O)Nc1ccc(Br)cc1)=NNC(=O)c1cccnc1. The van der Waals surface area contributed by atoms with E-state index >= 15 is 0 Å². The first-order valence-corrected chi connectivity index (χ1v) is 7.63. The summed E-state index contributed by atoms with van der Waals surface area (Å²) in [6, 6.07) is 10.6. The standard InChI is InChI=1S/C16H15BrN4O2/c1-11(20-21-16(23)12-3-2-8-18-10-12)9-15(22)19-14-6-4-13(17)5-7-14/h2-8,10H,9H2,1H3,(H,19,22)(H,21,23). The fraction of sp³-hybridized carbons (Fsp3) is 0.125. The molecule has 0 radical (unpaired) electrons. The zero-order valence-electron chi connectivity index (χ0n) is 12.4. The fourth-order valence-electron chi connectivity index (χ4n) is 1.72. The number of hydrogen-bond donors (Lipinski definition) is 2. The van der Waals surface area contributed by atoms with Crippen LogP contribution in [0.25, 0.3) is 0 Å². The summed E-state index contributed by atoms with van der Waals surface area (Å²) in [5, 5.41) is 6.67. The summed E-state index contributed by atoms with van der Waals surface area (Å²) in [5.74, 6) is -0.574. The van der Waals surface area contributed by atoms with Crippen molar-refractivity contribution in [1.29, 1.82) is 0 Å². The van der Waals surface area contributed by atoms with E-state index in [1.54, 1.807) is 37.4 Å². The van der Waals surface area contributed by atoms with E-state index < -0.39 is 0 Å². The van der Waals surface area contributed by atoms with Crippen LogP contribution in [0.2, 0.25) is 0 Å². The van der Waals surface area contributed by atoms with Crippen molar-refractivity contribution < 1.29 is 9.59 Å². The minimum absolute atomic E-state index is 0.0867. The number of carbonyl (C=O) groups is 2. The van der Waals surface area contributed by atoms with E-state index in [2.05, 4.69) is 36.8 Å². The number of anilines is 1. The normalized spacial score (nSPS) is 11.0. The van der Waals surface area contributed by atoms with Gasteiger partial charge in [-0.2, -0.15) is 5.10 Å². The highest BCUT2D eigenvalue weighted by Gasteiger charge is 2.07. The molecule has 2 amide bonds. The molecule has 0 aliphatic heterocycles. The van der Waals surface area contributed by atoms with Crippen LogP contribution in [-0.2, 0) is 4.79 Å². The Bertz CT molecular complexity index is 715. The number of benzene rings is 1. The zero-order valence-corrected chi connectivity index (χ0v) is 14.0. The van der Waals surface area contributed by atoms with Crippen molar-refractivity contribution in [3.8, 4) is 0 Å². The van der Waals surface area contributed by atoms with Crippen molar-refractivity contribution in [3.63, 3.8) is 0 Å². The lowest BCUT2D eigenvalue weighted by molar-refractivity contribution is -0.115. The largest absolute Gasteiger partial charge is 0.326 e. The molecule has 6 nitrogen and oxygen atoms in total. The number of rotatable bonds is 5. The smallest absolute Gasteiger partial charge is 0.272 e. The Morgan fingerprint density at radius 3 is 2.61 bits per heavy atom. The lowest BCUT2D eigenvalue weighted by atomic mass is 10.2.